The van der Waals surface area contributed by atoms with Gasteiger partial charge < -0.3 is 5.11 Å². The Balaban J connectivity index is 2.45. The lowest BCUT2D eigenvalue weighted by Gasteiger charge is -2.12. The number of sulfonamides is 1. The van der Waals surface area contributed by atoms with Crippen molar-refractivity contribution in [1.82, 2.24) is 0 Å². The van der Waals surface area contributed by atoms with Gasteiger partial charge >= 0.3 is 0 Å². The largest absolute Gasteiger partial charge is 0.392 e. The fraction of sp³-hybridized carbons (Fsp3) is 0.143. The van der Waals surface area contributed by atoms with Crippen LogP contribution in [0, 0.1) is 6.92 Å². The zero-order chi connectivity index (χ0) is 15.6. The summed E-state index contributed by atoms with van der Waals surface area (Å²) in [6, 6.07) is 9.65. The standard InChI is InChI=1S/C14H13Cl2NO3S/c1-9-3-2-4-10(7-9)17-21(19,20)13-6-5-12(15)11(8-18)14(13)16/h2-7,17-18H,8H2,1H3. The van der Waals surface area contributed by atoms with Crippen molar-refractivity contribution >= 4 is 38.9 Å². The van der Waals surface area contributed by atoms with Gasteiger partial charge in [0.15, 0.2) is 0 Å². The van der Waals surface area contributed by atoms with Crippen molar-refractivity contribution in [3.05, 3.63) is 57.6 Å². The molecule has 0 aromatic heterocycles. The van der Waals surface area contributed by atoms with E-state index in [1.54, 1.807) is 18.2 Å². The monoisotopic (exact) mass is 345 g/mol. The molecule has 0 aliphatic heterocycles. The van der Waals surface area contributed by atoms with Crippen LogP contribution in [-0.4, -0.2) is 13.5 Å². The molecule has 0 bridgehead atoms. The highest BCUT2D eigenvalue weighted by Crippen LogP contribution is 2.32. The Labute approximate surface area is 133 Å². The maximum atomic E-state index is 12.4. The minimum atomic E-state index is -3.86. The lowest BCUT2D eigenvalue weighted by Crippen LogP contribution is -2.14. The molecule has 7 heteroatoms. The maximum absolute atomic E-state index is 12.4. The number of aliphatic hydroxyl groups excluding tert-OH is 1. The molecular weight excluding hydrogens is 333 g/mol. The van der Waals surface area contributed by atoms with E-state index in [9.17, 15) is 13.5 Å². The number of aryl methyl sites for hydroxylation is 1. The fourth-order valence-electron chi connectivity index (χ4n) is 1.85. The van der Waals surface area contributed by atoms with E-state index in [1.165, 1.54) is 12.1 Å². The molecule has 0 amide bonds. The number of nitrogens with one attached hydrogen (secondary N) is 1. The Morgan fingerprint density at radius 2 is 1.90 bits per heavy atom. The van der Waals surface area contributed by atoms with Crippen LogP contribution < -0.4 is 4.72 Å². The second kappa shape index (κ2) is 6.23. The molecule has 4 nitrogen and oxygen atoms in total. The summed E-state index contributed by atoms with van der Waals surface area (Å²) in [5.41, 5.74) is 1.55. The summed E-state index contributed by atoms with van der Waals surface area (Å²) in [6.45, 7) is 1.42. The van der Waals surface area contributed by atoms with Gasteiger partial charge in [0.1, 0.15) is 4.90 Å². The maximum Gasteiger partial charge on any atom is 0.263 e. The normalized spacial score (nSPS) is 11.4. The average Bonchev–Trinajstić information content (AvgIpc) is 2.38. The van der Waals surface area contributed by atoms with E-state index in [1.807, 2.05) is 13.0 Å². The smallest absolute Gasteiger partial charge is 0.263 e. The van der Waals surface area contributed by atoms with Gasteiger partial charge in [0, 0.05) is 16.3 Å². The molecule has 112 valence electrons. The van der Waals surface area contributed by atoms with Gasteiger partial charge in [0.2, 0.25) is 0 Å². The second-order valence-electron chi connectivity index (χ2n) is 4.47. The third kappa shape index (κ3) is 3.49. The molecule has 0 aliphatic rings. The number of hydrogen-bond donors (Lipinski definition) is 2. The van der Waals surface area contributed by atoms with Crippen LogP contribution in [0.1, 0.15) is 11.1 Å². The third-order valence-electron chi connectivity index (χ3n) is 2.87. The summed E-state index contributed by atoms with van der Waals surface area (Å²) >= 11 is 11.9. The molecule has 0 unspecified atom stereocenters. The van der Waals surface area contributed by atoms with Gasteiger partial charge in [-0.05, 0) is 36.8 Å². The highest BCUT2D eigenvalue weighted by molar-refractivity contribution is 7.92. The van der Waals surface area contributed by atoms with E-state index < -0.39 is 16.6 Å². The van der Waals surface area contributed by atoms with Gasteiger partial charge in [-0.15, -0.1) is 0 Å². The highest BCUT2D eigenvalue weighted by atomic mass is 35.5. The fourth-order valence-corrected chi connectivity index (χ4v) is 3.80. The molecule has 2 N–H and O–H groups in total. The topological polar surface area (TPSA) is 66.4 Å². The minimum absolute atomic E-state index is 0.0786. The lowest BCUT2D eigenvalue weighted by atomic mass is 10.2. The van der Waals surface area contributed by atoms with Crippen molar-refractivity contribution in [2.45, 2.75) is 18.4 Å². The number of rotatable bonds is 4. The van der Waals surface area contributed by atoms with E-state index >= 15 is 0 Å². The van der Waals surface area contributed by atoms with E-state index in [0.717, 1.165) is 5.56 Å². The Kier molecular flexibility index (Phi) is 4.78. The summed E-state index contributed by atoms with van der Waals surface area (Å²) in [5.74, 6) is 0. The Morgan fingerprint density at radius 1 is 1.19 bits per heavy atom. The summed E-state index contributed by atoms with van der Waals surface area (Å²) in [4.78, 5) is -0.126. The molecule has 0 fully saturated rings. The van der Waals surface area contributed by atoms with Crippen LogP contribution in [0.15, 0.2) is 41.3 Å². The zero-order valence-corrected chi connectivity index (χ0v) is 13.4. The molecular formula is C14H13Cl2NO3S. The first-order chi connectivity index (χ1) is 9.85. The molecule has 0 aliphatic carbocycles. The number of halogens is 2. The van der Waals surface area contributed by atoms with Gasteiger partial charge in [-0.1, -0.05) is 35.3 Å². The predicted molar refractivity (Wildman–Crippen MR) is 84.4 cm³/mol. The molecule has 0 atom stereocenters. The number of aliphatic hydroxyl groups is 1. The summed E-state index contributed by atoms with van der Waals surface area (Å²) in [5, 5.41) is 9.37. The molecule has 0 saturated carbocycles. The molecule has 2 rings (SSSR count). The molecule has 0 heterocycles. The lowest BCUT2D eigenvalue weighted by molar-refractivity contribution is 0.282. The van der Waals surface area contributed by atoms with Gasteiger partial charge in [0.25, 0.3) is 10.0 Å². The quantitative estimate of drug-likeness (QED) is 0.889. The van der Waals surface area contributed by atoms with Crippen LogP contribution in [0.25, 0.3) is 0 Å². The first-order valence-electron chi connectivity index (χ1n) is 6.02. The summed E-state index contributed by atoms with van der Waals surface area (Å²) < 4.78 is 27.2. The van der Waals surface area contributed by atoms with Crippen molar-refractivity contribution in [1.29, 1.82) is 0 Å². The van der Waals surface area contributed by atoms with Gasteiger partial charge in [-0.25, -0.2) is 8.42 Å². The minimum Gasteiger partial charge on any atom is -0.392 e. The molecule has 0 radical (unpaired) electrons. The number of hydrogen-bond acceptors (Lipinski definition) is 3. The number of anilines is 1. The van der Waals surface area contributed by atoms with Crippen LogP contribution in [0.4, 0.5) is 5.69 Å². The molecule has 0 spiro atoms. The van der Waals surface area contributed by atoms with Crippen LogP contribution in [0.5, 0.6) is 0 Å². The Morgan fingerprint density at radius 3 is 2.52 bits per heavy atom. The van der Waals surface area contributed by atoms with E-state index in [2.05, 4.69) is 4.72 Å². The Hall–Kier alpha value is -1.27. The number of benzene rings is 2. The first-order valence-corrected chi connectivity index (χ1v) is 8.26. The molecule has 2 aromatic carbocycles. The zero-order valence-electron chi connectivity index (χ0n) is 11.1. The van der Waals surface area contributed by atoms with Crippen LogP contribution in [-0.2, 0) is 16.6 Å². The van der Waals surface area contributed by atoms with E-state index in [4.69, 9.17) is 23.2 Å². The van der Waals surface area contributed by atoms with Crippen molar-refractivity contribution in [3.8, 4) is 0 Å². The summed E-state index contributed by atoms with van der Waals surface area (Å²) in [6.07, 6.45) is 0. The van der Waals surface area contributed by atoms with Crippen molar-refractivity contribution in [2.75, 3.05) is 4.72 Å². The average molecular weight is 346 g/mol. The highest BCUT2D eigenvalue weighted by Gasteiger charge is 2.21. The summed E-state index contributed by atoms with van der Waals surface area (Å²) in [7, 11) is -3.86. The van der Waals surface area contributed by atoms with E-state index in [-0.39, 0.29) is 20.5 Å². The van der Waals surface area contributed by atoms with Gasteiger partial charge in [-0.2, -0.15) is 0 Å². The second-order valence-corrected chi connectivity index (χ2v) is 6.91. The van der Waals surface area contributed by atoms with Gasteiger partial charge in [0.05, 0.1) is 11.6 Å². The van der Waals surface area contributed by atoms with Crippen molar-refractivity contribution in [2.24, 2.45) is 0 Å². The SMILES string of the molecule is Cc1cccc(NS(=O)(=O)c2ccc(Cl)c(CO)c2Cl)c1. The third-order valence-corrected chi connectivity index (χ3v) is 5.19. The first kappa shape index (κ1) is 16.1. The predicted octanol–water partition coefficient (Wildman–Crippen LogP) is 3.59. The van der Waals surface area contributed by atoms with E-state index in [0.29, 0.717) is 5.69 Å². The van der Waals surface area contributed by atoms with Crippen molar-refractivity contribution < 1.29 is 13.5 Å². The molecule has 2 aromatic rings. The molecule has 21 heavy (non-hydrogen) atoms. The molecule has 0 saturated heterocycles. The Bertz CT molecular complexity index is 776. The van der Waals surface area contributed by atoms with Crippen LogP contribution in [0.2, 0.25) is 10.0 Å². The van der Waals surface area contributed by atoms with Crippen molar-refractivity contribution in [3.63, 3.8) is 0 Å². The van der Waals surface area contributed by atoms with Gasteiger partial charge in [-0.3, -0.25) is 4.72 Å². The van der Waals surface area contributed by atoms with Crippen LogP contribution in [0.3, 0.4) is 0 Å². The van der Waals surface area contributed by atoms with Crippen LogP contribution >= 0.6 is 23.2 Å².